The Labute approximate surface area is 234 Å². The van der Waals surface area contributed by atoms with Gasteiger partial charge in [-0.1, -0.05) is 55.8 Å². The van der Waals surface area contributed by atoms with Crippen molar-refractivity contribution in [3.63, 3.8) is 0 Å². The second-order valence-corrected chi connectivity index (χ2v) is 12.3. The minimum absolute atomic E-state index is 0.0611. The predicted molar refractivity (Wildman–Crippen MR) is 148 cm³/mol. The van der Waals surface area contributed by atoms with Gasteiger partial charge in [0.05, 0.1) is 41.0 Å². The van der Waals surface area contributed by atoms with E-state index >= 15 is 0 Å². The van der Waals surface area contributed by atoms with Crippen molar-refractivity contribution in [3.8, 4) is 0 Å². The van der Waals surface area contributed by atoms with Crippen molar-refractivity contribution in [2.75, 3.05) is 31.6 Å². The molecule has 0 spiro atoms. The Bertz CT molecular complexity index is 1220. The summed E-state index contributed by atoms with van der Waals surface area (Å²) < 4.78 is 39.2. The summed E-state index contributed by atoms with van der Waals surface area (Å²) in [4.78, 5) is 24.0. The second-order valence-electron chi connectivity index (χ2n) is 9.94. The molecule has 39 heavy (non-hydrogen) atoms. The molecule has 1 fully saturated rings. The maximum Gasteiger partial charge on any atom is 0.407 e. The quantitative estimate of drug-likeness (QED) is 0.349. The molecule has 2 aromatic rings. The third kappa shape index (κ3) is 9.18. The van der Waals surface area contributed by atoms with Crippen LogP contribution in [0.1, 0.15) is 32.8 Å². The van der Waals surface area contributed by atoms with Crippen LogP contribution in [0.25, 0.3) is 0 Å². The molecule has 0 aromatic heterocycles. The van der Waals surface area contributed by atoms with Crippen LogP contribution in [-0.2, 0) is 30.7 Å². The summed E-state index contributed by atoms with van der Waals surface area (Å²) >= 11 is 6.25. The van der Waals surface area contributed by atoms with Gasteiger partial charge in [0.2, 0.25) is 15.9 Å². The maximum absolute atomic E-state index is 13.7. The number of halogens is 1. The zero-order valence-corrected chi connectivity index (χ0v) is 23.9. The van der Waals surface area contributed by atoms with E-state index in [2.05, 4.69) is 10.6 Å². The number of anilines is 1. The molecule has 1 aliphatic heterocycles. The molecule has 12 heteroatoms. The van der Waals surface area contributed by atoms with Gasteiger partial charge in [-0.25, -0.2) is 13.2 Å². The number of hydrogen-bond donors (Lipinski definition) is 3. The highest BCUT2D eigenvalue weighted by Gasteiger charge is 2.32. The van der Waals surface area contributed by atoms with Crippen LogP contribution in [0.4, 0.5) is 10.5 Å². The Morgan fingerprint density at radius 3 is 2.49 bits per heavy atom. The van der Waals surface area contributed by atoms with E-state index < -0.39 is 28.3 Å². The van der Waals surface area contributed by atoms with Gasteiger partial charge in [0, 0.05) is 26.4 Å². The molecule has 2 aromatic carbocycles. The minimum atomic E-state index is -4.10. The molecule has 3 rings (SSSR count). The van der Waals surface area contributed by atoms with Gasteiger partial charge in [-0.15, -0.1) is 0 Å². The van der Waals surface area contributed by atoms with Crippen LogP contribution >= 0.6 is 11.6 Å². The first-order valence-corrected chi connectivity index (χ1v) is 14.6. The topological polar surface area (TPSA) is 134 Å². The molecule has 1 heterocycles. The average Bonchev–Trinajstić information content (AvgIpc) is 3.37. The van der Waals surface area contributed by atoms with Gasteiger partial charge in [-0.2, -0.15) is 4.31 Å². The molecule has 2 amide bonds. The summed E-state index contributed by atoms with van der Waals surface area (Å²) in [7, 11) is -4.10. The third-order valence-corrected chi connectivity index (χ3v) is 8.22. The van der Waals surface area contributed by atoms with Gasteiger partial charge in [-0.05, 0) is 36.1 Å². The van der Waals surface area contributed by atoms with Crippen LogP contribution in [0.3, 0.4) is 0 Å². The number of rotatable bonds is 12. The van der Waals surface area contributed by atoms with Crippen molar-refractivity contribution in [1.82, 2.24) is 9.62 Å². The van der Waals surface area contributed by atoms with Gasteiger partial charge in [0.25, 0.3) is 0 Å². The van der Waals surface area contributed by atoms with Crippen molar-refractivity contribution in [1.29, 1.82) is 0 Å². The molecule has 0 bridgehead atoms. The van der Waals surface area contributed by atoms with Gasteiger partial charge >= 0.3 is 6.09 Å². The second kappa shape index (κ2) is 14.1. The van der Waals surface area contributed by atoms with E-state index in [-0.39, 0.29) is 53.0 Å². The van der Waals surface area contributed by atoms with E-state index in [0.29, 0.717) is 19.6 Å². The Morgan fingerprint density at radius 2 is 1.90 bits per heavy atom. The highest BCUT2D eigenvalue weighted by atomic mass is 35.5. The number of carbonyl (C=O) groups excluding carboxylic acids is 2. The number of nitrogens with zero attached hydrogens (tertiary/aromatic N) is 1. The van der Waals surface area contributed by atoms with Gasteiger partial charge in [-0.3, -0.25) is 4.79 Å². The number of sulfonamides is 1. The molecular weight excluding hydrogens is 546 g/mol. The maximum atomic E-state index is 13.7. The van der Waals surface area contributed by atoms with Crippen molar-refractivity contribution in [3.05, 3.63) is 59.1 Å². The molecule has 0 radical (unpaired) electrons. The molecule has 1 saturated heterocycles. The standard InChI is InChI=1S/C27H36ClN3O7S/c1-18(2)15-31(39(35,36)22-9-10-24(23(28)14-22)29-19(3)32)16-26(33)25(13-20-7-5-4-6-8-20)30-27(34)38-21-11-12-37-17-21/h4-10,14,18,21,25-26,33H,11-13,15-17H2,1-3H3,(H,29,32)(H,30,34)/t21-,25-,26+/m0/s1. The normalized spacial score (nSPS) is 17.2. The lowest BCUT2D eigenvalue weighted by Crippen LogP contribution is -2.51. The lowest BCUT2D eigenvalue weighted by atomic mass is 10.0. The smallest absolute Gasteiger partial charge is 0.407 e. The van der Waals surface area contributed by atoms with Crippen molar-refractivity contribution in [2.24, 2.45) is 5.92 Å². The lowest BCUT2D eigenvalue weighted by Gasteiger charge is -2.31. The van der Waals surface area contributed by atoms with Gasteiger partial charge in [0.1, 0.15) is 6.10 Å². The van der Waals surface area contributed by atoms with Crippen LogP contribution in [0, 0.1) is 5.92 Å². The van der Waals surface area contributed by atoms with Crippen LogP contribution in [-0.4, -0.2) is 74.4 Å². The molecular formula is C27H36ClN3O7S. The van der Waals surface area contributed by atoms with Crippen molar-refractivity contribution < 1.29 is 32.6 Å². The molecule has 1 aliphatic rings. The summed E-state index contributed by atoms with van der Waals surface area (Å²) in [5.74, 6) is -0.401. The Morgan fingerprint density at radius 1 is 1.18 bits per heavy atom. The average molecular weight is 582 g/mol. The summed E-state index contributed by atoms with van der Waals surface area (Å²) in [5.41, 5.74) is 1.14. The molecule has 3 atom stereocenters. The summed E-state index contributed by atoms with van der Waals surface area (Å²) in [6.45, 7) is 5.70. The summed E-state index contributed by atoms with van der Waals surface area (Å²) in [5, 5.41) is 16.6. The molecule has 0 aliphatic carbocycles. The Kier molecular flexibility index (Phi) is 11.1. The third-order valence-electron chi connectivity index (χ3n) is 6.08. The van der Waals surface area contributed by atoms with Crippen molar-refractivity contribution in [2.45, 2.75) is 56.8 Å². The first-order chi connectivity index (χ1) is 18.5. The number of benzene rings is 2. The van der Waals surface area contributed by atoms with Gasteiger partial charge in [0.15, 0.2) is 0 Å². The largest absolute Gasteiger partial charge is 0.444 e. The summed E-state index contributed by atoms with van der Waals surface area (Å²) in [6, 6.07) is 12.5. The summed E-state index contributed by atoms with van der Waals surface area (Å²) in [6.07, 6.45) is -1.50. The zero-order valence-electron chi connectivity index (χ0n) is 22.3. The highest BCUT2D eigenvalue weighted by molar-refractivity contribution is 7.89. The van der Waals surface area contributed by atoms with Crippen LogP contribution in [0.2, 0.25) is 5.02 Å². The number of ether oxygens (including phenoxy) is 2. The zero-order chi connectivity index (χ0) is 28.6. The lowest BCUT2D eigenvalue weighted by molar-refractivity contribution is -0.114. The Balaban J connectivity index is 1.83. The fourth-order valence-electron chi connectivity index (χ4n) is 4.20. The fraction of sp³-hybridized carbons (Fsp3) is 0.481. The number of alkyl carbamates (subject to hydrolysis) is 1. The van der Waals surface area contributed by atoms with Crippen LogP contribution in [0.15, 0.2) is 53.4 Å². The number of hydrogen-bond acceptors (Lipinski definition) is 7. The number of nitrogens with one attached hydrogen (secondary N) is 2. The molecule has 214 valence electrons. The van der Waals surface area contributed by atoms with Crippen LogP contribution < -0.4 is 10.6 Å². The first kappa shape index (κ1) is 30.8. The molecule has 3 N–H and O–H groups in total. The molecule has 0 unspecified atom stereocenters. The number of carbonyl (C=O) groups is 2. The van der Waals surface area contributed by atoms with E-state index in [1.54, 1.807) is 0 Å². The predicted octanol–water partition coefficient (Wildman–Crippen LogP) is 3.43. The monoisotopic (exact) mass is 581 g/mol. The van der Waals surface area contributed by atoms with E-state index in [9.17, 15) is 23.1 Å². The fourth-order valence-corrected chi connectivity index (χ4v) is 6.15. The number of aliphatic hydroxyl groups is 1. The van der Waals surface area contributed by atoms with E-state index in [0.717, 1.165) is 5.56 Å². The number of amides is 2. The van der Waals surface area contributed by atoms with Crippen molar-refractivity contribution >= 4 is 39.3 Å². The SMILES string of the molecule is CC(=O)Nc1ccc(S(=O)(=O)N(CC(C)C)C[C@@H](O)[C@H](Cc2ccccc2)NC(=O)O[C@H]2CCOC2)cc1Cl. The van der Waals surface area contributed by atoms with Gasteiger partial charge < -0.3 is 25.2 Å². The Hall–Kier alpha value is -2.70. The van der Waals surface area contributed by atoms with E-state index in [4.69, 9.17) is 21.1 Å². The molecule has 0 saturated carbocycles. The van der Waals surface area contributed by atoms with Crippen LogP contribution in [0.5, 0.6) is 0 Å². The molecule has 10 nitrogen and oxygen atoms in total. The van der Waals surface area contributed by atoms with E-state index in [1.807, 2.05) is 44.2 Å². The van der Waals surface area contributed by atoms with E-state index in [1.165, 1.54) is 29.4 Å². The minimum Gasteiger partial charge on any atom is -0.444 e. The number of aliphatic hydroxyl groups excluding tert-OH is 1. The highest BCUT2D eigenvalue weighted by Crippen LogP contribution is 2.28. The first-order valence-electron chi connectivity index (χ1n) is 12.8.